The molecule has 0 radical (unpaired) electrons. The third kappa shape index (κ3) is 7.29. The highest BCUT2D eigenvalue weighted by molar-refractivity contribution is 7.92. The van der Waals surface area contributed by atoms with Gasteiger partial charge >= 0.3 is 0 Å². The van der Waals surface area contributed by atoms with Gasteiger partial charge in [0.1, 0.15) is 25.8 Å². The molecule has 212 valence electrons. The Balaban J connectivity index is 1.62. The molecule has 0 bridgehead atoms. The van der Waals surface area contributed by atoms with E-state index in [4.69, 9.17) is 32.7 Å². The lowest BCUT2D eigenvalue weighted by Gasteiger charge is -2.33. The van der Waals surface area contributed by atoms with Crippen LogP contribution < -0.4 is 19.1 Å². The summed E-state index contributed by atoms with van der Waals surface area (Å²) in [6.07, 6.45) is 6.00. The molecular formula is C27H33Cl2N3O6S. The minimum Gasteiger partial charge on any atom is -0.486 e. The zero-order valence-electron chi connectivity index (χ0n) is 22.0. The van der Waals surface area contributed by atoms with Crippen molar-refractivity contribution in [2.24, 2.45) is 0 Å². The number of benzene rings is 2. The molecule has 39 heavy (non-hydrogen) atoms. The number of anilines is 1. The molecule has 12 heteroatoms. The van der Waals surface area contributed by atoms with Crippen molar-refractivity contribution in [3.05, 3.63) is 52.0 Å². The normalized spacial score (nSPS) is 16.3. The van der Waals surface area contributed by atoms with E-state index in [-0.39, 0.29) is 24.2 Å². The smallest absolute Gasteiger partial charge is 0.244 e. The highest BCUT2D eigenvalue weighted by Gasteiger charge is 2.32. The highest BCUT2D eigenvalue weighted by atomic mass is 35.5. The van der Waals surface area contributed by atoms with Gasteiger partial charge in [-0.15, -0.1) is 0 Å². The predicted molar refractivity (Wildman–Crippen MR) is 151 cm³/mol. The first-order chi connectivity index (χ1) is 18.5. The molecule has 1 aliphatic heterocycles. The van der Waals surface area contributed by atoms with Crippen molar-refractivity contribution in [3.8, 4) is 11.5 Å². The van der Waals surface area contributed by atoms with Crippen LogP contribution in [0.1, 0.15) is 44.6 Å². The fourth-order valence-corrected chi connectivity index (χ4v) is 6.16. The number of amides is 2. The molecule has 0 aromatic heterocycles. The molecule has 1 N–H and O–H groups in total. The molecule has 0 unspecified atom stereocenters. The van der Waals surface area contributed by atoms with Crippen molar-refractivity contribution in [3.63, 3.8) is 0 Å². The second-order valence-corrected chi connectivity index (χ2v) is 12.6. The van der Waals surface area contributed by atoms with E-state index in [0.29, 0.717) is 40.3 Å². The molecule has 4 rings (SSSR count). The van der Waals surface area contributed by atoms with Gasteiger partial charge in [0, 0.05) is 34.3 Å². The molecule has 2 aliphatic rings. The van der Waals surface area contributed by atoms with Gasteiger partial charge in [-0.3, -0.25) is 13.9 Å². The number of sulfonamides is 1. The lowest BCUT2D eigenvalue weighted by atomic mass is 9.95. The van der Waals surface area contributed by atoms with Gasteiger partial charge in [0.25, 0.3) is 0 Å². The van der Waals surface area contributed by atoms with Gasteiger partial charge in [-0.2, -0.15) is 0 Å². The van der Waals surface area contributed by atoms with E-state index in [2.05, 4.69) is 5.32 Å². The SMILES string of the molecule is C[C@H](C(=O)NC1CCCCC1)N(Cc1c(Cl)cccc1Cl)C(=O)CN(c1ccc2c(c1)OCCO2)S(C)(=O)=O. The monoisotopic (exact) mass is 597 g/mol. The molecule has 1 saturated carbocycles. The quantitative estimate of drug-likeness (QED) is 0.459. The van der Waals surface area contributed by atoms with Gasteiger partial charge < -0.3 is 19.7 Å². The topological polar surface area (TPSA) is 105 Å². The minimum absolute atomic E-state index is 0.0415. The second-order valence-electron chi connectivity index (χ2n) is 9.84. The molecule has 1 aliphatic carbocycles. The van der Waals surface area contributed by atoms with E-state index < -0.39 is 28.5 Å². The van der Waals surface area contributed by atoms with E-state index in [0.717, 1.165) is 42.7 Å². The van der Waals surface area contributed by atoms with Crippen molar-refractivity contribution in [2.75, 3.05) is 30.3 Å². The maximum absolute atomic E-state index is 13.8. The number of halogens is 2. The first-order valence-electron chi connectivity index (χ1n) is 12.9. The first-order valence-corrected chi connectivity index (χ1v) is 15.5. The average Bonchev–Trinajstić information content (AvgIpc) is 2.90. The van der Waals surface area contributed by atoms with Crippen LogP contribution in [0.4, 0.5) is 5.69 Å². The molecule has 9 nitrogen and oxygen atoms in total. The summed E-state index contributed by atoms with van der Waals surface area (Å²) >= 11 is 12.8. The summed E-state index contributed by atoms with van der Waals surface area (Å²) in [5, 5.41) is 3.74. The standard InChI is InChI=1S/C27H33Cl2N3O6S/c1-18(27(34)30-19-7-4-3-5-8-19)31(16-21-22(28)9-6-10-23(21)29)26(33)17-32(39(2,35)36)20-11-12-24-25(15-20)38-14-13-37-24/h6,9-12,15,18-19H,3-5,7-8,13-14,16-17H2,1-2H3,(H,30,34)/t18-/m1/s1. The van der Waals surface area contributed by atoms with Crippen LogP contribution in [0.5, 0.6) is 11.5 Å². The van der Waals surface area contributed by atoms with E-state index >= 15 is 0 Å². The maximum Gasteiger partial charge on any atom is 0.244 e. The van der Waals surface area contributed by atoms with Crippen LogP contribution in [0.2, 0.25) is 10.0 Å². The number of hydrogen-bond donors (Lipinski definition) is 1. The summed E-state index contributed by atoms with van der Waals surface area (Å²) in [5.41, 5.74) is 0.710. The van der Waals surface area contributed by atoms with Crippen LogP contribution >= 0.6 is 23.2 Å². The van der Waals surface area contributed by atoms with Gasteiger partial charge in [-0.1, -0.05) is 48.5 Å². The Morgan fingerprint density at radius 1 is 1.03 bits per heavy atom. The third-order valence-corrected chi connectivity index (χ3v) is 8.85. The Hall–Kier alpha value is -2.69. The lowest BCUT2D eigenvalue weighted by Crippen LogP contribution is -2.53. The van der Waals surface area contributed by atoms with E-state index in [1.54, 1.807) is 37.3 Å². The summed E-state index contributed by atoms with van der Waals surface area (Å²) < 4.78 is 37.8. The number of nitrogens with zero attached hydrogens (tertiary/aromatic N) is 2. The van der Waals surface area contributed by atoms with E-state index in [9.17, 15) is 18.0 Å². The number of rotatable bonds is 9. The lowest BCUT2D eigenvalue weighted by molar-refractivity contribution is -0.139. The number of fused-ring (bicyclic) bond motifs is 1. The zero-order chi connectivity index (χ0) is 28.2. The minimum atomic E-state index is -3.89. The largest absolute Gasteiger partial charge is 0.486 e. The maximum atomic E-state index is 13.8. The Labute approximate surface area is 239 Å². The summed E-state index contributed by atoms with van der Waals surface area (Å²) in [6, 6.07) is 8.80. The zero-order valence-corrected chi connectivity index (χ0v) is 24.3. The average molecular weight is 599 g/mol. The molecule has 2 aromatic rings. The van der Waals surface area contributed by atoms with Gasteiger partial charge in [0.15, 0.2) is 11.5 Å². The second kappa shape index (κ2) is 12.7. The van der Waals surface area contributed by atoms with Gasteiger partial charge in [0.2, 0.25) is 21.8 Å². The van der Waals surface area contributed by atoms with Crippen LogP contribution in [0, 0.1) is 0 Å². The molecule has 2 aromatic carbocycles. The summed E-state index contributed by atoms with van der Waals surface area (Å²) in [7, 11) is -3.89. The van der Waals surface area contributed by atoms with Gasteiger partial charge in [-0.25, -0.2) is 8.42 Å². The van der Waals surface area contributed by atoms with Crippen LogP contribution in [0.15, 0.2) is 36.4 Å². The number of ether oxygens (including phenoxy) is 2. The van der Waals surface area contributed by atoms with E-state index in [1.807, 2.05) is 0 Å². The van der Waals surface area contributed by atoms with Crippen LogP contribution in [0.3, 0.4) is 0 Å². The highest BCUT2D eigenvalue weighted by Crippen LogP contribution is 2.35. The Morgan fingerprint density at radius 2 is 1.67 bits per heavy atom. The first kappa shape index (κ1) is 29.3. The number of carbonyl (C=O) groups is 2. The molecule has 1 heterocycles. The van der Waals surface area contributed by atoms with E-state index in [1.165, 1.54) is 11.0 Å². The van der Waals surface area contributed by atoms with Crippen molar-refractivity contribution in [1.82, 2.24) is 10.2 Å². The fourth-order valence-electron chi connectivity index (χ4n) is 4.81. The Morgan fingerprint density at radius 3 is 2.31 bits per heavy atom. The Bertz CT molecular complexity index is 1300. The van der Waals surface area contributed by atoms with Gasteiger partial charge in [0.05, 0.1) is 11.9 Å². The third-order valence-electron chi connectivity index (χ3n) is 7.00. The predicted octanol–water partition coefficient (Wildman–Crippen LogP) is 4.40. The van der Waals surface area contributed by atoms with Gasteiger partial charge in [-0.05, 0) is 44.0 Å². The summed E-state index contributed by atoms with van der Waals surface area (Å²) in [6.45, 7) is 1.72. The molecular weight excluding hydrogens is 565 g/mol. The van der Waals surface area contributed by atoms with Crippen LogP contribution in [-0.4, -0.2) is 63.2 Å². The fraction of sp³-hybridized carbons (Fsp3) is 0.481. The van der Waals surface area contributed by atoms with Crippen LogP contribution in [0.25, 0.3) is 0 Å². The molecule has 0 saturated heterocycles. The summed E-state index contributed by atoms with van der Waals surface area (Å²) in [5.74, 6) is -0.0196. The van der Waals surface area contributed by atoms with Crippen molar-refractivity contribution in [1.29, 1.82) is 0 Å². The number of nitrogens with one attached hydrogen (secondary N) is 1. The summed E-state index contributed by atoms with van der Waals surface area (Å²) in [4.78, 5) is 28.4. The van der Waals surface area contributed by atoms with Crippen molar-refractivity contribution < 1.29 is 27.5 Å². The van der Waals surface area contributed by atoms with Crippen molar-refractivity contribution >= 4 is 50.7 Å². The number of carbonyl (C=O) groups excluding carboxylic acids is 2. The Kier molecular flexibility index (Phi) is 9.51. The molecule has 0 spiro atoms. The molecule has 1 atom stereocenters. The molecule has 2 amide bonds. The molecule has 1 fully saturated rings. The number of hydrogen-bond acceptors (Lipinski definition) is 6. The van der Waals surface area contributed by atoms with Crippen molar-refractivity contribution in [2.45, 2.75) is 57.7 Å². The van der Waals surface area contributed by atoms with Crippen LogP contribution in [-0.2, 0) is 26.2 Å².